The highest BCUT2D eigenvalue weighted by Crippen LogP contribution is 2.17. The van der Waals surface area contributed by atoms with E-state index in [0.29, 0.717) is 22.1 Å². The van der Waals surface area contributed by atoms with Crippen LogP contribution in [0.25, 0.3) is 0 Å². The molecule has 0 unspecified atom stereocenters. The highest BCUT2D eigenvalue weighted by molar-refractivity contribution is 6.30. The summed E-state index contributed by atoms with van der Waals surface area (Å²) in [4.78, 5) is 23.5. The Morgan fingerprint density at radius 3 is 2.61 bits per heavy atom. The number of rotatable bonds is 7. The number of ether oxygens (including phenoxy) is 2. The summed E-state index contributed by atoms with van der Waals surface area (Å²) in [6, 6.07) is 16.4. The SMILES string of the molecule is O=C(COc1cccc(Cl)c1)N/N=C/c1ccc(OC(=O)c2ccco2)cc1. The van der Waals surface area contributed by atoms with Crippen LogP contribution >= 0.6 is 11.6 Å². The lowest BCUT2D eigenvalue weighted by atomic mass is 10.2. The number of amides is 1. The lowest BCUT2D eigenvalue weighted by Gasteiger charge is -2.05. The van der Waals surface area contributed by atoms with Crippen LogP contribution in [0.1, 0.15) is 16.1 Å². The number of hydrazone groups is 1. The number of nitrogens with one attached hydrogen (secondary N) is 1. The summed E-state index contributed by atoms with van der Waals surface area (Å²) in [7, 11) is 0. The molecule has 8 heteroatoms. The average molecular weight is 399 g/mol. The fraction of sp³-hybridized carbons (Fsp3) is 0.0500. The molecule has 0 saturated heterocycles. The third-order valence-electron chi connectivity index (χ3n) is 3.38. The fourth-order valence-electron chi connectivity index (χ4n) is 2.09. The summed E-state index contributed by atoms with van der Waals surface area (Å²) >= 11 is 5.84. The molecular formula is C20H15ClN2O5. The summed E-state index contributed by atoms with van der Waals surface area (Å²) in [5.74, 6) is -0.0317. The van der Waals surface area contributed by atoms with Crippen molar-refractivity contribution in [2.24, 2.45) is 5.10 Å². The predicted octanol–water partition coefficient (Wildman–Crippen LogP) is 3.68. The van der Waals surface area contributed by atoms with E-state index in [1.54, 1.807) is 54.6 Å². The average Bonchev–Trinajstić information content (AvgIpc) is 3.23. The molecule has 1 aromatic heterocycles. The lowest BCUT2D eigenvalue weighted by Crippen LogP contribution is -2.24. The Bertz CT molecular complexity index is 969. The molecule has 0 spiro atoms. The van der Waals surface area contributed by atoms with Crippen molar-refractivity contribution in [3.05, 3.63) is 83.3 Å². The van der Waals surface area contributed by atoms with E-state index in [-0.39, 0.29) is 12.4 Å². The van der Waals surface area contributed by atoms with Crippen LogP contribution in [0.4, 0.5) is 0 Å². The molecule has 0 aliphatic heterocycles. The number of carbonyl (C=O) groups is 2. The number of hydrogen-bond acceptors (Lipinski definition) is 6. The number of carbonyl (C=O) groups excluding carboxylic acids is 2. The second kappa shape index (κ2) is 9.38. The molecule has 1 amide bonds. The number of benzene rings is 2. The second-order valence-corrected chi connectivity index (χ2v) is 5.91. The molecule has 2 aromatic carbocycles. The van der Waals surface area contributed by atoms with E-state index in [0.717, 1.165) is 0 Å². The van der Waals surface area contributed by atoms with Gasteiger partial charge in [0.05, 0.1) is 12.5 Å². The largest absolute Gasteiger partial charge is 0.484 e. The number of hydrogen-bond donors (Lipinski definition) is 1. The molecule has 0 bridgehead atoms. The van der Waals surface area contributed by atoms with E-state index < -0.39 is 11.9 Å². The molecule has 0 atom stereocenters. The zero-order valence-electron chi connectivity index (χ0n) is 14.5. The van der Waals surface area contributed by atoms with Gasteiger partial charge in [-0.05, 0) is 60.2 Å². The molecule has 0 aliphatic carbocycles. The van der Waals surface area contributed by atoms with Crippen molar-refractivity contribution in [3.8, 4) is 11.5 Å². The fourth-order valence-corrected chi connectivity index (χ4v) is 2.27. The van der Waals surface area contributed by atoms with Crippen molar-refractivity contribution in [1.29, 1.82) is 0 Å². The number of furan rings is 1. The topological polar surface area (TPSA) is 90.1 Å². The van der Waals surface area contributed by atoms with Crippen molar-refractivity contribution in [1.82, 2.24) is 5.43 Å². The van der Waals surface area contributed by atoms with Gasteiger partial charge in [-0.15, -0.1) is 0 Å². The van der Waals surface area contributed by atoms with Gasteiger partial charge in [-0.3, -0.25) is 4.79 Å². The quantitative estimate of drug-likeness (QED) is 0.284. The van der Waals surface area contributed by atoms with E-state index in [1.165, 1.54) is 18.5 Å². The molecule has 1 N–H and O–H groups in total. The summed E-state index contributed by atoms with van der Waals surface area (Å²) in [5.41, 5.74) is 3.06. The first-order valence-corrected chi connectivity index (χ1v) is 8.54. The normalized spacial score (nSPS) is 10.6. The maximum absolute atomic E-state index is 11.8. The monoisotopic (exact) mass is 398 g/mol. The van der Waals surface area contributed by atoms with Gasteiger partial charge in [0.2, 0.25) is 5.76 Å². The van der Waals surface area contributed by atoms with Gasteiger partial charge in [0.15, 0.2) is 6.61 Å². The Kier molecular flexibility index (Phi) is 6.43. The highest BCUT2D eigenvalue weighted by Gasteiger charge is 2.10. The molecule has 0 aliphatic rings. The van der Waals surface area contributed by atoms with Crippen molar-refractivity contribution in [2.75, 3.05) is 6.61 Å². The summed E-state index contributed by atoms with van der Waals surface area (Å²) in [5, 5.41) is 4.37. The molecule has 3 aromatic rings. The minimum Gasteiger partial charge on any atom is -0.484 e. The smallest absolute Gasteiger partial charge is 0.379 e. The standard InChI is InChI=1S/C20H15ClN2O5/c21-15-3-1-4-17(11-15)27-13-19(24)23-22-12-14-6-8-16(9-7-14)28-20(25)18-5-2-10-26-18/h1-12H,13H2,(H,23,24)/b22-12+. The Balaban J connectivity index is 1.45. The van der Waals surface area contributed by atoms with Crippen molar-refractivity contribution in [3.63, 3.8) is 0 Å². The van der Waals surface area contributed by atoms with Crippen LogP contribution in [0.5, 0.6) is 11.5 Å². The zero-order valence-corrected chi connectivity index (χ0v) is 15.3. The number of esters is 1. The van der Waals surface area contributed by atoms with Gasteiger partial charge in [0.1, 0.15) is 11.5 Å². The van der Waals surface area contributed by atoms with Crippen LogP contribution in [0.2, 0.25) is 5.02 Å². The van der Waals surface area contributed by atoms with Gasteiger partial charge < -0.3 is 13.9 Å². The van der Waals surface area contributed by atoms with Gasteiger partial charge >= 0.3 is 5.97 Å². The van der Waals surface area contributed by atoms with E-state index in [1.807, 2.05) is 0 Å². The van der Waals surface area contributed by atoms with Gasteiger partial charge in [-0.2, -0.15) is 5.10 Å². The van der Waals surface area contributed by atoms with E-state index in [4.69, 9.17) is 25.5 Å². The zero-order chi connectivity index (χ0) is 19.8. The molecule has 3 rings (SSSR count). The molecule has 1 heterocycles. The summed E-state index contributed by atoms with van der Waals surface area (Å²) in [6.07, 6.45) is 2.85. The van der Waals surface area contributed by atoms with Gasteiger partial charge in [0.25, 0.3) is 5.91 Å². The van der Waals surface area contributed by atoms with Crippen LogP contribution in [0.3, 0.4) is 0 Å². The third-order valence-corrected chi connectivity index (χ3v) is 3.62. The maximum Gasteiger partial charge on any atom is 0.379 e. The molecule has 0 fully saturated rings. The number of halogens is 1. The Morgan fingerprint density at radius 1 is 1.07 bits per heavy atom. The van der Waals surface area contributed by atoms with Crippen molar-refractivity contribution in [2.45, 2.75) is 0 Å². The van der Waals surface area contributed by atoms with Gasteiger partial charge in [-0.1, -0.05) is 17.7 Å². The van der Waals surface area contributed by atoms with Crippen LogP contribution < -0.4 is 14.9 Å². The first kappa shape index (κ1) is 19.2. The van der Waals surface area contributed by atoms with Gasteiger partial charge in [0, 0.05) is 5.02 Å². The van der Waals surface area contributed by atoms with Crippen LogP contribution in [-0.2, 0) is 4.79 Å². The van der Waals surface area contributed by atoms with E-state index in [2.05, 4.69) is 10.5 Å². The minimum absolute atomic E-state index is 0.119. The summed E-state index contributed by atoms with van der Waals surface area (Å²) in [6.45, 7) is -0.195. The summed E-state index contributed by atoms with van der Waals surface area (Å²) < 4.78 is 15.4. The molecule has 0 saturated carbocycles. The first-order valence-electron chi connectivity index (χ1n) is 8.16. The number of nitrogens with zero attached hydrogens (tertiary/aromatic N) is 1. The molecule has 142 valence electrons. The predicted molar refractivity (Wildman–Crippen MR) is 103 cm³/mol. The van der Waals surface area contributed by atoms with Crippen molar-refractivity contribution >= 4 is 29.7 Å². The molecule has 0 radical (unpaired) electrons. The van der Waals surface area contributed by atoms with Gasteiger partial charge in [-0.25, -0.2) is 10.2 Å². The Labute approximate surface area is 165 Å². The maximum atomic E-state index is 11.8. The molecule has 7 nitrogen and oxygen atoms in total. The van der Waals surface area contributed by atoms with E-state index in [9.17, 15) is 9.59 Å². The Hall–Kier alpha value is -3.58. The van der Waals surface area contributed by atoms with Crippen LogP contribution in [-0.4, -0.2) is 24.7 Å². The van der Waals surface area contributed by atoms with Crippen LogP contribution in [0, 0.1) is 0 Å². The molecular weight excluding hydrogens is 384 g/mol. The third kappa shape index (κ3) is 5.72. The van der Waals surface area contributed by atoms with Crippen molar-refractivity contribution < 1.29 is 23.5 Å². The van der Waals surface area contributed by atoms with E-state index >= 15 is 0 Å². The highest BCUT2D eigenvalue weighted by atomic mass is 35.5. The second-order valence-electron chi connectivity index (χ2n) is 5.48. The first-order chi connectivity index (χ1) is 13.6. The molecule has 28 heavy (non-hydrogen) atoms. The van der Waals surface area contributed by atoms with Crippen LogP contribution in [0.15, 0.2) is 76.4 Å². The minimum atomic E-state index is -0.585. The Morgan fingerprint density at radius 2 is 1.89 bits per heavy atom. The lowest BCUT2D eigenvalue weighted by molar-refractivity contribution is -0.123.